The molecule has 0 aliphatic heterocycles. The van der Waals surface area contributed by atoms with E-state index in [1.165, 1.54) is 6.07 Å². The van der Waals surface area contributed by atoms with E-state index in [9.17, 15) is 4.79 Å². The second-order valence-electron chi connectivity index (χ2n) is 1.83. The molecule has 0 aromatic heterocycles. The zero-order chi connectivity index (χ0) is 10.3. The molecule has 0 unspecified atom stereocenters. The van der Waals surface area contributed by atoms with Crippen molar-refractivity contribution in [3.63, 3.8) is 0 Å². The van der Waals surface area contributed by atoms with Crippen molar-refractivity contribution in [2.24, 2.45) is 0 Å². The van der Waals surface area contributed by atoms with Crippen LogP contribution in [0.1, 0.15) is 10.4 Å². The molecular formula is C7H17Cl3CoO8. The third-order valence-corrected chi connectivity index (χ3v) is 1.43. The van der Waals surface area contributed by atoms with Gasteiger partial charge in [-0.15, -0.1) is 0 Å². The van der Waals surface area contributed by atoms with Crippen LogP contribution in [0.3, 0.4) is 0 Å². The second-order valence-corrected chi connectivity index (χ2v) is 3.96. The van der Waals surface area contributed by atoms with Crippen molar-refractivity contribution in [3.8, 4) is 0 Å². The molecule has 0 aliphatic rings. The molecule has 1 rings (SSSR count). The molecule has 12 heteroatoms. The number of aromatic carboxylic acids is 1. The standard InChI is InChI=1S/C7H5ClO2.2ClH.Co.6H2O/c8-6-4-2-1-3-5(6)7(9)10;;;;;;;;;/h1-4H,(H,9,10);2*1H;;6*1H2/q;;;+2;;;;;;/p-2. The third-order valence-electron chi connectivity index (χ3n) is 1.10. The van der Waals surface area contributed by atoms with Crippen LogP contribution in [0, 0.1) is 0 Å². The van der Waals surface area contributed by atoms with Crippen molar-refractivity contribution in [2.45, 2.75) is 0 Å². The van der Waals surface area contributed by atoms with Gasteiger partial charge in [-0.25, -0.2) is 4.79 Å². The van der Waals surface area contributed by atoms with Crippen LogP contribution in [0.5, 0.6) is 0 Å². The Morgan fingerprint density at radius 3 is 1.47 bits per heavy atom. The Morgan fingerprint density at radius 2 is 1.26 bits per heavy atom. The summed E-state index contributed by atoms with van der Waals surface area (Å²) in [6, 6.07) is 6.33. The maximum absolute atomic E-state index is 10.3. The van der Waals surface area contributed by atoms with E-state index in [4.69, 9.17) is 37.0 Å². The van der Waals surface area contributed by atoms with E-state index < -0.39 is 5.97 Å². The molecule has 0 amide bonds. The number of benzene rings is 1. The van der Waals surface area contributed by atoms with Gasteiger partial charge in [0, 0.05) is 0 Å². The molecule has 13 N–H and O–H groups in total. The number of carboxylic acid groups (broad SMARTS) is 1. The van der Waals surface area contributed by atoms with Gasteiger partial charge in [0.15, 0.2) is 0 Å². The van der Waals surface area contributed by atoms with E-state index in [1.54, 1.807) is 18.2 Å². The summed E-state index contributed by atoms with van der Waals surface area (Å²) in [5, 5.41) is 8.75. The van der Waals surface area contributed by atoms with Crippen LogP contribution in [0.15, 0.2) is 24.3 Å². The Kier molecular flexibility index (Phi) is 59.4. The predicted octanol–water partition coefficient (Wildman–Crippen LogP) is -1.53. The molecule has 1 aromatic rings. The van der Waals surface area contributed by atoms with Gasteiger partial charge in [0.25, 0.3) is 0 Å². The monoisotopic (exact) mass is 393 g/mol. The molecule has 0 heterocycles. The molecule has 123 valence electrons. The summed E-state index contributed by atoms with van der Waals surface area (Å²) in [5.74, 6) is -0.995. The Bertz CT molecular complexity index is 291. The summed E-state index contributed by atoms with van der Waals surface area (Å²) in [6.07, 6.45) is 0. The Labute approximate surface area is 128 Å². The van der Waals surface area contributed by atoms with E-state index in [1.807, 2.05) is 0 Å². The van der Waals surface area contributed by atoms with E-state index in [-0.39, 0.29) is 43.4 Å². The van der Waals surface area contributed by atoms with Gasteiger partial charge in [0.1, 0.15) is 0 Å². The number of carbonyl (C=O) groups is 1. The minimum absolute atomic E-state index is 0. The van der Waals surface area contributed by atoms with E-state index in [0.717, 1.165) is 0 Å². The molecule has 0 saturated heterocycles. The molecule has 0 atom stereocenters. The van der Waals surface area contributed by atoms with Gasteiger partial charge < -0.3 is 38.0 Å². The van der Waals surface area contributed by atoms with Crippen LogP contribution in [0.4, 0.5) is 0 Å². The summed E-state index contributed by atoms with van der Waals surface area (Å²) in [6.45, 7) is 0. The number of carboxylic acids is 1. The van der Waals surface area contributed by atoms with Crippen molar-refractivity contribution in [1.29, 1.82) is 0 Å². The number of hydrogen-bond donors (Lipinski definition) is 1. The first-order valence-electron chi connectivity index (χ1n) is 2.95. The summed E-state index contributed by atoms with van der Waals surface area (Å²) >= 11 is 5.92. The normalized spacial score (nSPS) is 6.05. The van der Waals surface area contributed by atoms with Crippen molar-refractivity contribution < 1.29 is 55.7 Å². The maximum atomic E-state index is 10.3. The molecule has 1 aromatic carbocycles. The minimum atomic E-state index is -0.995. The van der Waals surface area contributed by atoms with E-state index in [2.05, 4.69) is 0 Å². The SMILES string of the molecule is O.O.O.O.O.O.O=C(O)c1ccccc1Cl.[Cl][Co][Cl]. The fourth-order valence-electron chi connectivity index (χ4n) is 0.635. The first-order valence-corrected chi connectivity index (χ1v) is 6.19. The number of hydrogen-bond acceptors (Lipinski definition) is 1. The Balaban J connectivity index is -0.0000000297. The number of halogens is 3. The Hall–Kier alpha value is -0.174. The fourth-order valence-corrected chi connectivity index (χ4v) is 0.851. The zero-order valence-corrected chi connectivity index (χ0v) is 12.4. The van der Waals surface area contributed by atoms with Crippen LogP contribution >= 0.6 is 31.9 Å². The quantitative estimate of drug-likeness (QED) is 0.597. The molecule has 8 nitrogen and oxygen atoms in total. The molecule has 0 aliphatic carbocycles. The van der Waals surface area contributed by atoms with Crippen molar-refractivity contribution in [2.75, 3.05) is 0 Å². The average Bonchev–Trinajstić information content (AvgIpc) is 2.06. The topological polar surface area (TPSA) is 226 Å². The van der Waals surface area contributed by atoms with Gasteiger partial charge in [-0.2, -0.15) is 0 Å². The first kappa shape index (κ1) is 42.8. The predicted molar refractivity (Wildman–Crippen MR) is 71.8 cm³/mol. The summed E-state index contributed by atoms with van der Waals surface area (Å²) < 4.78 is 0. The van der Waals surface area contributed by atoms with Gasteiger partial charge in [-0.1, -0.05) is 23.7 Å². The molecule has 0 saturated carbocycles. The molecule has 0 radical (unpaired) electrons. The molecule has 0 spiro atoms. The van der Waals surface area contributed by atoms with Gasteiger partial charge in [-0.3, -0.25) is 0 Å². The Morgan fingerprint density at radius 1 is 0.947 bits per heavy atom. The summed E-state index contributed by atoms with van der Waals surface area (Å²) in [7, 11) is 9.47. The van der Waals surface area contributed by atoms with Gasteiger partial charge in [-0.05, 0) is 12.1 Å². The molecule has 0 fully saturated rings. The van der Waals surface area contributed by atoms with Crippen LogP contribution < -0.4 is 0 Å². The molecule has 19 heavy (non-hydrogen) atoms. The van der Waals surface area contributed by atoms with Crippen LogP contribution in [0.2, 0.25) is 5.02 Å². The molecular weight excluding hydrogens is 377 g/mol. The van der Waals surface area contributed by atoms with E-state index in [0.29, 0.717) is 12.9 Å². The number of rotatable bonds is 1. The van der Waals surface area contributed by atoms with Crippen LogP contribution in [-0.2, 0) is 12.9 Å². The van der Waals surface area contributed by atoms with Crippen molar-refractivity contribution >= 4 is 37.9 Å². The van der Waals surface area contributed by atoms with E-state index >= 15 is 0 Å². The van der Waals surface area contributed by atoms with Gasteiger partial charge in [0.2, 0.25) is 0 Å². The molecule has 0 bridgehead atoms. The van der Waals surface area contributed by atoms with Crippen molar-refractivity contribution in [1.82, 2.24) is 0 Å². The van der Waals surface area contributed by atoms with Gasteiger partial charge in [0.05, 0.1) is 10.6 Å². The third kappa shape index (κ3) is 20.3. The average molecular weight is 394 g/mol. The first-order chi connectivity index (χ1) is 6.13. The summed E-state index contributed by atoms with van der Waals surface area (Å²) in [5.41, 5.74) is 0.143. The fraction of sp³-hybridized carbons (Fsp3) is 0. The second kappa shape index (κ2) is 26.4. The van der Waals surface area contributed by atoms with Gasteiger partial charge >= 0.3 is 39.2 Å². The summed E-state index contributed by atoms with van der Waals surface area (Å²) in [4.78, 5) is 10.3. The zero-order valence-electron chi connectivity index (χ0n) is 9.13. The van der Waals surface area contributed by atoms with Crippen molar-refractivity contribution in [3.05, 3.63) is 34.9 Å². The van der Waals surface area contributed by atoms with Crippen LogP contribution in [-0.4, -0.2) is 43.9 Å². The van der Waals surface area contributed by atoms with Crippen LogP contribution in [0.25, 0.3) is 0 Å².